The van der Waals surface area contributed by atoms with Crippen LogP contribution in [0.4, 0.5) is 0 Å². The first-order valence-electron chi connectivity index (χ1n) is 9.24. The summed E-state index contributed by atoms with van der Waals surface area (Å²) in [5.74, 6) is 0.783. The normalized spacial score (nSPS) is 14.7. The van der Waals surface area contributed by atoms with E-state index in [9.17, 15) is 9.59 Å². The van der Waals surface area contributed by atoms with Crippen molar-refractivity contribution >= 4 is 23.6 Å². The summed E-state index contributed by atoms with van der Waals surface area (Å²) in [6.45, 7) is 3.34. The third kappa shape index (κ3) is 4.83. The number of amides is 1. The minimum Gasteiger partial charge on any atom is -0.497 e. The topological polar surface area (TPSA) is 86.5 Å². The number of ether oxygens (including phenoxy) is 2. The van der Waals surface area contributed by atoms with Crippen LogP contribution in [-0.2, 0) is 14.3 Å². The molecule has 9 heteroatoms. The number of piperidine rings is 1. The Morgan fingerprint density at radius 1 is 1.29 bits per heavy atom. The van der Waals surface area contributed by atoms with Gasteiger partial charge in [-0.2, -0.15) is 0 Å². The predicted octanol–water partition coefficient (Wildman–Crippen LogP) is 2.17. The highest BCUT2D eigenvalue weighted by atomic mass is 32.2. The van der Waals surface area contributed by atoms with E-state index < -0.39 is 0 Å². The molecular formula is C19H24N4O4S. The van der Waals surface area contributed by atoms with Crippen LogP contribution in [0.3, 0.4) is 0 Å². The maximum absolute atomic E-state index is 12.6. The van der Waals surface area contributed by atoms with E-state index in [1.165, 1.54) is 11.8 Å². The van der Waals surface area contributed by atoms with E-state index in [4.69, 9.17) is 9.47 Å². The van der Waals surface area contributed by atoms with Crippen molar-refractivity contribution in [2.45, 2.75) is 24.9 Å². The lowest BCUT2D eigenvalue weighted by Gasteiger charge is -2.30. The van der Waals surface area contributed by atoms with E-state index >= 15 is 0 Å². The van der Waals surface area contributed by atoms with Gasteiger partial charge in [-0.25, -0.2) is 0 Å². The molecule has 0 aliphatic carbocycles. The fourth-order valence-corrected chi connectivity index (χ4v) is 3.93. The lowest BCUT2D eigenvalue weighted by atomic mass is 9.97. The Hall–Kier alpha value is -2.55. The molecule has 0 N–H and O–H groups in total. The van der Waals surface area contributed by atoms with Crippen LogP contribution in [0.2, 0.25) is 0 Å². The number of esters is 1. The van der Waals surface area contributed by atoms with Crippen LogP contribution < -0.4 is 4.74 Å². The first kappa shape index (κ1) is 20.2. The Bertz CT molecular complexity index is 818. The number of benzene rings is 1. The largest absolute Gasteiger partial charge is 0.497 e. The zero-order valence-corrected chi connectivity index (χ0v) is 16.9. The van der Waals surface area contributed by atoms with Crippen LogP contribution in [0, 0.1) is 5.92 Å². The molecule has 1 aromatic heterocycles. The van der Waals surface area contributed by atoms with Gasteiger partial charge in [0.2, 0.25) is 5.91 Å². The maximum Gasteiger partial charge on any atom is 0.309 e. The molecule has 3 rings (SSSR count). The lowest BCUT2D eigenvalue weighted by molar-refractivity contribution is -0.151. The summed E-state index contributed by atoms with van der Waals surface area (Å²) < 4.78 is 12.2. The highest BCUT2D eigenvalue weighted by Gasteiger charge is 2.28. The molecule has 1 aliphatic heterocycles. The number of likely N-dealkylation sites (tertiary alicyclic amines) is 1. The zero-order valence-electron chi connectivity index (χ0n) is 16.0. The van der Waals surface area contributed by atoms with Crippen LogP contribution in [0.25, 0.3) is 5.69 Å². The van der Waals surface area contributed by atoms with Crippen molar-refractivity contribution in [1.29, 1.82) is 0 Å². The van der Waals surface area contributed by atoms with Gasteiger partial charge in [0, 0.05) is 19.2 Å². The Morgan fingerprint density at radius 3 is 2.79 bits per heavy atom. The van der Waals surface area contributed by atoms with Crippen molar-refractivity contribution < 1.29 is 19.1 Å². The summed E-state index contributed by atoms with van der Waals surface area (Å²) in [5.41, 5.74) is 0.870. The molecule has 150 valence electrons. The summed E-state index contributed by atoms with van der Waals surface area (Å²) in [4.78, 5) is 26.2. The van der Waals surface area contributed by atoms with Gasteiger partial charge in [0.25, 0.3) is 0 Å². The third-order valence-corrected chi connectivity index (χ3v) is 5.57. The first-order valence-corrected chi connectivity index (χ1v) is 10.2. The van der Waals surface area contributed by atoms with E-state index in [2.05, 4.69) is 10.2 Å². The van der Waals surface area contributed by atoms with E-state index in [-0.39, 0.29) is 23.5 Å². The summed E-state index contributed by atoms with van der Waals surface area (Å²) in [7, 11) is 1.62. The monoisotopic (exact) mass is 404 g/mol. The molecule has 2 heterocycles. The summed E-state index contributed by atoms with van der Waals surface area (Å²) in [6.07, 6.45) is 2.91. The van der Waals surface area contributed by atoms with Crippen LogP contribution in [-0.4, -0.2) is 64.1 Å². The maximum atomic E-state index is 12.6. The summed E-state index contributed by atoms with van der Waals surface area (Å²) in [6, 6.07) is 7.57. The quantitative estimate of drug-likeness (QED) is 0.516. The molecule has 0 spiro atoms. The third-order valence-electron chi connectivity index (χ3n) is 4.64. The predicted molar refractivity (Wildman–Crippen MR) is 105 cm³/mol. The van der Waals surface area contributed by atoms with Gasteiger partial charge in [-0.15, -0.1) is 10.2 Å². The van der Waals surface area contributed by atoms with Gasteiger partial charge in [-0.1, -0.05) is 17.8 Å². The van der Waals surface area contributed by atoms with Gasteiger partial charge in [0.1, 0.15) is 12.1 Å². The van der Waals surface area contributed by atoms with Gasteiger partial charge >= 0.3 is 5.97 Å². The molecule has 1 fully saturated rings. The number of hydrogen-bond donors (Lipinski definition) is 0. The van der Waals surface area contributed by atoms with E-state index in [1.807, 2.05) is 28.8 Å². The standard InChI is InChI=1S/C19H24N4O4S/c1-3-27-18(25)14-7-9-22(10-8-14)17(24)12-28-19-21-20-13-23(19)15-5-4-6-16(11-15)26-2/h4-6,11,13-14H,3,7-10,12H2,1-2H3. The van der Waals surface area contributed by atoms with Gasteiger partial charge in [0.05, 0.1) is 31.1 Å². The summed E-state index contributed by atoms with van der Waals surface area (Å²) in [5, 5.41) is 8.73. The molecule has 28 heavy (non-hydrogen) atoms. The van der Waals surface area contributed by atoms with Gasteiger partial charge in [0.15, 0.2) is 5.16 Å². The number of methoxy groups -OCH3 is 1. The number of nitrogens with zero attached hydrogens (tertiary/aromatic N) is 4. The molecule has 1 aromatic carbocycles. The van der Waals surface area contributed by atoms with E-state index in [0.717, 1.165) is 11.4 Å². The van der Waals surface area contributed by atoms with Gasteiger partial charge in [-0.3, -0.25) is 14.2 Å². The molecule has 1 saturated heterocycles. The van der Waals surface area contributed by atoms with E-state index in [0.29, 0.717) is 37.7 Å². The molecule has 0 radical (unpaired) electrons. The van der Waals surface area contributed by atoms with Gasteiger partial charge < -0.3 is 14.4 Å². The Morgan fingerprint density at radius 2 is 2.07 bits per heavy atom. The highest BCUT2D eigenvalue weighted by Crippen LogP contribution is 2.24. The summed E-state index contributed by atoms with van der Waals surface area (Å²) >= 11 is 1.34. The van der Waals surface area contributed by atoms with Crippen LogP contribution in [0.15, 0.2) is 35.7 Å². The van der Waals surface area contributed by atoms with Crippen molar-refractivity contribution in [2.75, 3.05) is 32.6 Å². The average molecular weight is 404 g/mol. The number of thioether (sulfide) groups is 1. The van der Waals surface area contributed by atoms with Gasteiger partial charge in [-0.05, 0) is 31.9 Å². The molecular weight excluding hydrogens is 380 g/mol. The highest BCUT2D eigenvalue weighted by molar-refractivity contribution is 7.99. The molecule has 0 atom stereocenters. The Balaban J connectivity index is 1.55. The average Bonchev–Trinajstić information content (AvgIpc) is 3.21. The van der Waals surface area contributed by atoms with E-state index in [1.54, 1.807) is 25.3 Å². The molecule has 0 bridgehead atoms. The number of carbonyl (C=O) groups excluding carboxylic acids is 2. The molecule has 0 unspecified atom stereocenters. The number of carbonyl (C=O) groups is 2. The SMILES string of the molecule is CCOC(=O)C1CCN(C(=O)CSc2nncn2-c2cccc(OC)c2)CC1. The molecule has 1 amide bonds. The zero-order chi connectivity index (χ0) is 19.9. The Kier molecular flexibility index (Phi) is 6.91. The molecule has 8 nitrogen and oxygen atoms in total. The smallest absolute Gasteiger partial charge is 0.309 e. The molecule has 0 saturated carbocycles. The van der Waals surface area contributed by atoms with Crippen molar-refractivity contribution in [2.24, 2.45) is 5.92 Å². The minimum absolute atomic E-state index is 0.0347. The van der Waals surface area contributed by atoms with Crippen LogP contribution in [0.5, 0.6) is 5.75 Å². The molecule has 1 aliphatic rings. The number of rotatable bonds is 7. The van der Waals surface area contributed by atoms with Crippen LogP contribution >= 0.6 is 11.8 Å². The first-order chi connectivity index (χ1) is 13.6. The van der Waals surface area contributed by atoms with Crippen molar-refractivity contribution in [3.8, 4) is 11.4 Å². The molecule has 2 aromatic rings. The lowest BCUT2D eigenvalue weighted by Crippen LogP contribution is -2.41. The second-order valence-corrected chi connectivity index (χ2v) is 7.32. The minimum atomic E-state index is -0.157. The number of aromatic nitrogens is 3. The van der Waals surface area contributed by atoms with Crippen molar-refractivity contribution in [3.63, 3.8) is 0 Å². The second-order valence-electron chi connectivity index (χ2n) is 6.38. The Labute approximate surface area is 168 Å². The van der Waals surface area contributed by atoms with Crippen molar-refractivity contribution in [3.05, 3.63) is 30.6 Å². The second kappa shape index (κ2) is 9.59. The fraction of sp³-hybridized carbons (Fsp3) is 0.474. The number of hydrogen-bond acceptors (Lipinski definition) is 7. The van der Waals surface area contributed by atoms with Crippen molar-refractivity contribution in [1.82, 2.24) is 19.7 Å². The van der Waals surface area contributed by atoms with Crippen LogP contribution in [0.1, 0.15) is 19.8 Å². The fourth-order valence-electron chi connectivity index (χ4n) is 3.10.